The van der Waals surface area contributed by atoms with Crippen molar-refractivity contribution in [3.8, 4) is 5.82 Å². The first-order chi connectivity index (χ1) is 13.7. The lowest BCUT2D eigenvalue weighted by atomic mass is 10.2. The molecule has 8 nitrogen and oxygen atoms in total. The van der Waals surface area contributed by atoms with E-state index in [1.807, 2.05) is 6.07 Å². The second kappa shape index (κ2) is 7.75. The van der Waals surface area contributed by atoms with Gasteiger partial charge in [0.2, 0.25) is 0 Å². The van der Waals surface area contributed by atoms with Crippen molar-refractivity contribution in [2.24, 2.45) is 0 Å². The largest absolute Gasteiger partial charge is 0.454 e. The molecule has 0 atom stereocenters. The summed E-state index contributed by atoms with van der Waals surface area (Å²) in [6.45, 7) is 0.537. The summed E-state index contributed by atoms with van der Waals surface area (Å²) in [6.07, 6.45) is 6.80. The van der Waals surface area contributed by atoms with Crippen LogP contribution in [-0.2, 0) is 13.1 Å². The molecule has 140 valence electrons. The lowest BCUT2D eigenvalue weighted by Crippen LogP contribution is -2.23. The van der Waals surface area contributed by atoms with Gasteiger partial charge in [-0.15, -0.1) is 0 Å². The quantitative estimate of drug-likeness (QED) is 0.556. The average molecular weight is 375 g/mol. The first-order valence-corrected chi connectivity index (χ1v) is 8.67. The van der Waals surface area contributed by atoms with E-state index in [4.69, 9.17) is 4.42 Å². The molecule has 0 unspecified atom stereocenters. The van der Waals surface area contributed by atoms with E-state index in [1.54, 1.807) is 65.9 Å². The van der Waals surface area contributed by atoms with Gasteiger partial charge in [-0.05, 0) is 30.3 Å². The minimum Gasteiger partial charge on any atom is -0.454 e. The number of nitrogens with one attached hydrogen (secondary N) is 1. The van der Waals surface area contributed by atoms with E-state index in [0.717, 1.165) is 5.56 Å². The second-order valence-corrected chi connectivity index (χ2v) is 6.05. The molecule has 0 aliphatic rings. The van der Waals surface area contributed by atoms with E-state index in [0.29, 0.717) is 11.6 Å². The number of furan rings is 1. The number of nitrogens with zero attached hydrogens (tertiary/aromatic N) is 4. The van der Waals surface area contributed by atoms with Crippen LogP contribution in [0.2, 0.25) is 0 Å². The molecule has 1 N–H and O–H groups in total. The SMILES string of the molecule is O=C(NCc1cccnc1-n1cccn1)c1ccc(Cn2ccccc2=O)o1. The van der Waals surface area contributed by atoms with Gasteiger partial charge in [0.05, 0.1) is 6.54 Å². The topological polar surface area (TPSA) is 95.0 Å². The molecule has 0 saturated heterocycles. The molecule has 4 aromatic rings. The molecule has 4 heterocycles. The monoisotopic (exact) mass is 375 g/mol. The number of amides is 1. The number of hydrogen-bond donors (Lipinski definition) is 1. The van der Waals surface area contributed by atoms with Crippen LogP contribution in [0.25, 0.3) is 5.82 Å². The summed E-state index contributed by atoms with van der Waals surface area (Å²) in [5, 5.41) is 7.00. The van der Waals surface area contributed by atoms with Crippen LogP contribution in [-0.4, -0.2) is 25.2 Å². The first-order valence-electron chi connectivity index (χ1n) is 8.67. The highest BCUT2D eigenvalue weighted by Crippen LogP contribution is 2.12. The van der Waals surface area contributed by atoms with Crippen LogP contribution >= 0.6 is 0 Å². The minimum atomic E-state index is -0.345. The van der Waals surface area contributed by atoms with E-state index in [2.05, 4.69) is 15.4 Å². The van der Waals surface area contributed by atoms with Crippen LogP contribution in [0.3, 0.4) is 0 Å². The lowest BCUT2D eigenvalue weighted by Gasteiger charge is -2.09. The third-order valence-electron chi connectivity index (χ3n) is 4.14. The van der Waals surface area contributed by atoms with Gasteiger partial charge in [-0.1, -0.05) is 12.1 Å². The van der Waals surface area contributed by atoms with Gasteiger partial charge >= 0.3 is 0 Å². The summed E-state index contributed by atoms with van der Waals surface area (Å²) < 4.78 is 8.74. The smallest absolute Gasteiger partial charge is 0.287 e. The van der Waals surface area contributed by atoms with Crippen LogP contribution < -0.4 is 10.9 Å². The van der Waals surface area contributed by atoms with E-state index < -0.39 is 0 Å². The predicted octanol–water partition coefficient (Wildman–Crippen LogP) is 2.00. The fraction of sp³-hybridized carbons (Fsp3) is 0.100. The van der Waals surface area contributed by atoms with Gasteiger partial charge in [-0.3, -0.25) is 9.59 Å². The van der Waals surface area contributed by atoms with Crippen LogP contribution in [0.5, 0.6) is 0 Å². The maximum absolute atomic E-state index is 12.4. The van der Waals surface area contributed by atoms with E-state index in [9.17, 15) is 9.59 Å². The molecular weight excluding hydrogens is 358 g/mol. The Hall–Kier alpha value is -3.94. The standard InChI is InChI=1S/C20H17N5O3/c26-18-6-1-2-11-24(18)14-16-7-8-17(28-16)20(27)22-13-15-5-3-9-21-19(15)25-12-4-10-23-25/h1-12H,13-14H2,(H,22,27). The lowest BCUT2D eigenvalue weighted by molar-refractivity contribution is 0.0921. The number of hydrogen-bond acceptors (Lipinski definition) is 5. The number of aromatic nitrogens is 4. The summed E-state index contributed by atoms with van der Waals surface area (Å²) in [5.41, 5.74) is 0.690. The van der Waals surface area contributed by atoms with Crippen molar-refractivity contribution in [3.63, 3.8) is 0 Å². The zero-order valence-electron chi connectivity index (χ0n) is 14.9. The van der Waals surface area contributed by atoms with Crippen molar-refractivity contribution in [1.82, 2.24) is 24.6 Å². The molecule has 0 saturated carbocycles. The Kier molecular flexibility index (Phi) is 4.83. The summed E-state index contributed by atoms with van der Waals surface area (Å²) in [6, 6.07) is 13.7. The van der Waals surface area contributed by atoms with Crippen molar-refractivity contribution < 1.29 is 9.21 Å². The highest BCUT2D eigenvalue weighted by Gasteiger charge is 2.13. The maximum Gasteiger partial charge on any atom is 0.287 e. The molecular formula is C20H17N5O3. The second-order valence-electron chi connectivity index (χ2n) is 6.05. The molecule has 0 aliphatic carbocycles. The molecule has 4 aromatic heterocycles. The third kappa shape index (κ3) is 3.75. The highest BCUT2D eigenvalue weighted by molar-refractivity contribution is 5.91. The molecule has 4 rings (SSSR count). The van der Waals surface area contributed by atoms with Gasteiger partial charge in [0.1, 0.15) is 5.76 Å². The predicted molar refractivity (Wildman–Crippen MR) is 101 cm³/mol. The van der Waals surface area contributed by atoms with E-state index in [-0.39, 0.29) is 30.3 Å². The maximum atomic E-state index is 12.4. The van der Waals surface area contributed by atoms with Crippen molar-refractivity contribution >= 4 is 5.91 Å². The summed E-state index contributed by atoms with van der Waals surface area (Å²) in [7, 11) is 0. The molecule has 0 fully saturated rings. The molecule has 0 aliphatic heterocycles. The average Bonchev–Trinajstić information content (AvgIpc) is 3.40. The van der Waals surface area contributed by atoms with Gasteiger partial charge in [0.25, 0.3) is 11.5 Å². The van der Waals surface area contributed by atoms with E-state index in [1.165, 1.54) is 10.6 Å². The molecule has 8 heteroatoms. The van der Waals surface area contributed by atoms with Gasteiger partial charge in [0.15, 0.2) is 11.6 Å². The fourth-order valence-electron chi connectivity index (χ4n) is 2.78. The Morgan fingerprint density at radius 2 is 1.96 bits per heavy atom. The van der Waals surface area contributed by atoms with Crippen LogP contribution in [0.1, 0.15) is 21.9 Å². The third-order valence-corrected chi connectivity index (χ3v) is 4.14. The molecule has 0 bridgehead atoms. The molecule has 0 spiro atoms. The Morgan fingerprint density at radius 1 is 1.04 bits per heavy atom. The molecule has 1 amide bonds. The first kappa shape index (κ1) is 17.5. The van der Waals surface area contributed by atoms with Gasteiger partial charge < -0.3 is 14.3 Å². The van der Waals surface area contributed by atoms with Gasteiger partial charge in [0, 0.05) is 43.0 Å². The Morgan fingerprint density at radius 3 is 2.79 bits per heavy atom. The highest BCUT2D eigenvalue weighted by atomic mass is 16.4. The van der Waals surface area contributed by atoms with E-state index >= 15 is 0 Å². The van der Waals surface area contributed by atoms with Crippen LogP contribution in [0.4, 0.5) is 0 Å². The number of carbonyl (C=O) groups excluding carboxylic acids is 1. The van der Waals surface area contributed by atoms with Crippen LogP contribution in [0.15, 0.2) is 82.5 Å². The number of rotatable bonds is 6. The Bertz CT molecular complexity index is 1140. The molecule has 0 radical (unpaired) electrons. The van der Waals surface area contributed by atoms with Gasteiger partial charge in [-0.2, -0.15) is 5.10 Å². The summed E-state index contributed by atoms with van der Waals surface area (Å²) >= 11 is 0. The van der Waals surface area contributed by atoms with Crippen LogP contribution in [0, 0.1) is 0 Å². The number of carbonyl (C=O) groups is 1. The summed E-state index contributed by atoms with van der Waals surface area (Å²) in [5.74, 6) is 1.01. The van der Waals surface area contributed by atoms with Crippen molar-refractivity contribution in [2.75, 3.05) is 0 Å². The van der Waals surface area contributed by atoms with Crippen molar-refractivity contribution in [1.29, 1.82) is 0 Å². The summed E-state index contributed by atoms with van der Waals surface area (Å²) in [4.78, 5) is 28.5. The van der Waals surface area contributed by atoms with Crippen molar-refractivity contribution in [2.45, 2.75) is 13.1 Å². The zero-order chi connectivity index (χ0) is 19.3. The normalized spacial score (nSPS) is 10.7. The van der Waals surface area contributed by atoms with Gasteiger partial charge in [-0.25, -0.2) is 9.67 Å². The van der Waals surface area contributed by atoms with Crippen molar-refractivity contribution in [3.05, 3.63) is 101 Å². The molecule has 0 aromatic carbocycles. The fourth-order valence-corrected chi connectivity index (χ4v) is 2.78. The Labute approximate surface area is 160 Å². The minimum absolute atomic E-state index is 0.132. The zero-order valence-corrected chi connectivity index (χ0v) is 14.9. The number of pyridine rings is 2. The Balaban J connectivity index is 1.44. The molecule has 28 heavy (non-hydrogen) atoms.